The van der Waals surface area contributed by atoms with Gasteiger partial charge >= 0.3 is 35.5 Å². The SMILES string of the molecule is COC(C)[O][AlH2].[HH].[HH].[LiH]. The summed E-state index contributed by atoms with van der Waals surface area (Å²) in [6.07, 6.45) is -0.00309. The second-order valence-electron chi connectivity index (χ2n) is 1.04. The first-order valence-electron chi connectivity index (χ1n) is 1.87. The fraction of sp³-hybridized carbons (Fsp3) is 1.00. The maximum atomic E-state index is 4.82. The molecule has 0 saturated heterocycles. The Balaban J connectivity index is -0.0000000417. The molecule has 0 aromatic rings. The summed E-state index contributed by atoms with van der Waals surface area (Å²) in [6, 6.07) is 0. The molecular formula is C3H14AlLiO2. The second kappa shape index (κ2) is 7.05. The van der Waals surface area contributed by atoms with Crippen LogP contribution < -0.4 is 0 Å². The fourth-order valence-corrected chi connectivity index (χ4v) is 0.289. The van der Waals surface area contributed by atoms with E-state index >= 15 is 0 Å². The molecule has 0 heterocycles. The molecule has 7 heavy (non-hydrogen) atoms. The zero-order valence-corrected chi connectivity index (χ0v) is 6.39. The van der Waals surface area contributed by atoms with E-state index in [1.165, 1.54) is 0 Å². The molecule has 0 bridgehead atoms. The van der Waals surface area contributed by atoms with E-state index in [4.69, 9.17) is 8.53 Å². The van der Waals surface area contributed by atoms with Crippen LogP contribution in [0.4, 0.5) is 0 Å². The van der Waals surface area contributed by atoms with Crippen molar-refractivity contribution in [3.63, 3.8) is 0 Å². The monoisotopic (exact) mass is 116 g/mol. The Morgan fingerprint density at radius 1 is 1.71 bits per heavy atom. The number of rotatable bonds is 2. The Bertz CT molecular complexity index is 39.0. The summed E-state index contributed by atoms with van der Waals surface area (Å²) >= 11 is 0.757. The number of hydrogen-bond acceptors (Lipinski definition) is 2. The molecule has 0 spiro atoms. The van der Waals surface area contributed by atoms with Crippen LogP contribution in [0.15, 0.2) is 0 Å². The Hall–Kier alpha value is 1.05. The Morgan fingerprint density at radius 3 is 2.14 bits per heavy atom. The summed E-state index contributed by atoms with van der Waals surface area (Å²) in [5, 5.41) is 0. The molecule has 4 heteroatoms. The van der Waals surface area contributed by atoms with E-state index in [0.717, 1.165) is 16.6 Å². The van der Waals surface area contributed by atoms with Gasteiger partial charge in [0.25, 0.3) is 0 Å². The van der Waals surface area contributed by atoms with Gasteiger partial charge in [-0.05, 0) is 6.92 Å². The molecule has 0 saturated carbocycles. The van der Waals surface area contributed by atoms with Gasteiger partial charge in [0.1, 0.15) is 6.29 Å². The van der Waals surface area contributed by atoms with E-state index in [-0.39, 0.29) is 28.0 Å². The summed E-state index contributed by atoms with van der Waals surface area (Å²) in [7, 11) is 1.63. The van der Waals surface area contributed by atoms with Gasteiger partial charge in [-0.2, -0.15) is 0 Å². The summed E-state index contributed by atoms with van der Waals surface area (Å²) in [5.41, 5.74) is 0. The van der Waals surface area contributed by atoms with Gasteiger partial charge in [0.2, 0.25) is 0 Å². The maximum absolute atomic E-state index is 4.82. The molecule has 1 unspecified atom stereocenters. The van der Waals surface area contributed by atoms with Gasteiger partial charge in [0, 0.05) is 9.96 Å². The van der Waals surface area contributed by atoms with Crippen molar-refractivity contribution in [3.8, 4) is 0 Å². The molecule has 0 aromatic carbocycles. The van der Waals surface area contributed by atoms with Crippen molar-refractivity contribution >= 4 is 35.5 Å². The number of hydrogen-bond donors (Lipinski definition) is 0. The molecule has 0 amide bonds. The second-order valence-corrected chi connectivity index (χ2v) is 1.51. The van der Waals surface area contributed by atoms with Crippen LogP contribution in [-0.4, -0.2) is 48.9 Å². The predicted molar refractivity (Wildman–Crippen MR) is 37.5 cm³/mol. The first kappa shape index (κ1) is 10.9. The van der Waals surface area contributed by atoms with Crippen LogP contribution in [0, 0.1) is 0 Å². The van der Waals surface area contributed by atoms with Gasteiger partial charge in [-0.25, -0.2) is 0 Å². The van der Waals surface area contributed by atoms with Crippen molar-refractivity contribution < 1.29 is 11.4 Å². The van der Waals surface area contributed by atoms with Crippen LogP contribution in [-0.2, 0) is 8.53 Å². The average Bonchev–Trinajstić information content (AvgIpc) is 1.65. The molecule has 0 aliphatic rings. The van der Waals surface area contributed by atoms with E-state index in [9.17, 15) is 0 Å². The molecule has 1 atom stereocenters. The van der Waals surface area contributed by atoms with Crippen LogP contribution in [0.3, 0.4) is 0 Å². The molecule has 0 aromatic heterocycles. The van der Waals surface area contributed by atoms with Crippen molar-refractivity contribution in [2.24, 2.45) is 0 Å². The minimum absolute atomic E-state index is 0. The molecule has 0 aliphatic heterocycles. The van der Waals surface area contributed by atoms with E-state index in [2.05, 4.69) is 0 Å². The molecule has 2 nitrogen and oxygen atoms in total. The van der Waals surface area contributed by atoms with E-state index in [1.807, 2.05) is 6.92 Å². The van der Waals surface area contributed by atoms with Gasteiger partial charge in [-0.15, -0.1) is 0 Å². The van der Waals surface area contributed by atoms with Gasteiger partial charge in [-0.3, -0.25) is 0 Å². The first-order valence-corrected chi connectivity index (χ1v) is 2.68. The number of methoxy groups -OCH3 is 1. The van der Waals surface area contributed by atoms with Gasteiger partial charge in [0.05, 0.1) is 0 Å². The average molecular weight is 116 g/mol. The van der Waals surface area contributed by atoms with Crippen molar-refractivity contribution in [2.45, 2.75) is 13.2 Å². The minimum atomic E-state index is -0.00309. The van der Waals surface area contributed by atoms with Crippen molar-refractivity contribution in [1.82, 2.24) is 0 Å². The Morgan fingerprint density at radius 2 is 2.14 bits per heavy atom. The van der Waals surface area contributed by atoms with Crippen molar-refractivity contribution in [2.75, 3.05) is 7.11 Å². The first-order chi connectivity index (χ1) is 2.81. The van der Waals surface area contributed by atoms with Crippen LogP contribution in [0.5, 0.6) is 0 Å². The van der Waals surface area contributed by atoms with E-state index in [1.54, 1.807) is 7.11 Å². The zero-order chi connectivity index (χ0) is 4.99. The van der Waals surface area contributed by atoms with Gasteiger partial charge in [-0.1, -0.05) is 0 Å². The number of ether oxygens (including phenoxy) is 1. The summed E-state index contributed by atoms with van der Waals surface area (Å²) in [5.74, 6) is 0. The van der Waals surface area contributed by atoms with E-state index < -0.39 is 0 Å². The van der Waals surface area contributed by atoms with Crippen LogP contribution >= 0.6 is 0 Å². The Kier molecular flexibility index (Phi) is 11.0. The Labute approximate surface area is 67.5 Å². The third kappa shape index (κ3) is 7.05. The molecule has 42 valence electrons. The van der Waals surface area contributed by atoms with Gasteiger partial charge in [0.15, 0.2) is 0 Å². The van der Waals surface area contributed by atoms with Crippen molar-refractivity contribution in [1.29, 1.82) is 0 Å². The molecule has 0 radical (unpaired) electrons. The van der Waals surface area contributed by atoms with Gasteiger partial charge < -0.3 is 8.53 Å². The van der Waals surface area contributed by atoms with Crippen LogP contribution in [0.1, 0.15) is 9.78 Å². The van der Waals surface area contributed by atoms with E-state index in [0.29, 0.717) is 0 Å². The summed E-state index contributed by atoms with van der Waals surface area (Å²) in [4.78, 5) is 0. The molecule has 0 fully saturated rings. The normalized spacial score (nSPS) is 12.3. The molecule has 0 N–H and O–H groups in total. The topological polar surface area (TPSA) is 18.5 Å². The quantitative estimate of drug-likeness (QED) is 0.354. The molecular weight excluding hydrogens is 102 g/mol. The predicted octanol–water partition coefficient (Wildman–Crippen LogP) is -0.613. The zero-order valence-electron chi connectivity index (χ0n) is 4.39. The molecule has 0 aliphatic carbocycles. The third-order valence-corrected chi connectivity index (χ3v) is 1.33. The fourth-order valence-electron chi connectivity index (χ4n) is 0.0962. The van der Waals surface area contributed by atoms with Crippen molar-refractivity contribution in [3.05, 3.63) is 0 Å². The third-order valence-electron chi connectivity index (χ3n) is 0.664. The van der Waals surface area contributed by atoms with Crippen LogP contribution in [0.25, 0.3) is 0 Å². The summed E-state index contributed by atoms with van der Waals surface area (Å²) in [6.45, 7) is 1.87. The van der Waals surface area contributed by atoms with Crippen LogP contribution in [0.2, 0.25) is 0 Å². The summed E-state index contributed by atoms with van der Waals surface area (Å²) < 4.78 is 9.53. The standard InChI is InChI=1S/C3H7O2.Al.Li.2H2.3H/c1-3(4)5-2;;;;;;;/h3H,1-2H3;;;2*1H;;;/q-1;+1;;;;;;. The molecule has 0 rings (SSSR count).